The van der Waals surface area contributed by atoms with E-state index in [4.69, 9.17) is 11.6 Å². The van der Waals surface area contributed by atoms with Crippen molar-refractivity contribution in [3.05, 3.63) is 58.9 Å². The quantitative estimate of drug-likeness (QED) is 0.859. The van der Waals surface area contributed by atoms with Gasteiger partial charge in [-0.1, -0.05) is 35.9 Å². The van der Waals surface area contributed by atoms with Crippen molar-refractivity contribution in [1.29, 1.82) is 0 Å². The number of carbonyl (C=O) groups excluding carboxylic acids is 1. The standard InChI is InChI=1S/C16H15ClN2O/c17-15-10-14(7-8-18-15)19-16(20)13-6-5-11-3-1-2-4-12(11)9-13/h1-4,7-8,10,13H,5-6,9H2,(H,18,19,20). The Hall–Kier alpha value is -1.87. The Labute approximate surface area is 123 Å². The molecule has 0 radical (unpaired) electrons. The molecule has 1 amide bonds. The number of nitrogens with zero attached hydrogens (tertiary/aromatic N) is 1. The highest BCUT2D eigenvalue weighted by Crippen LogP contribution is 2.26. The zero-order valence-corrected chi connectivity index (χ0v) is 11.7. The fourth-order valence-electron chi connectivity index (χ4n) is 2.65. The number of hydrogen-bond donors (Lipinski definition) is 1. The molecule has 1 aromatic carbocycles. The summed E-state index contributed by atoms with van der Waals surface area (Å²) < 4.78 is 0. The van der Waals surface area contributed by atoms with Crippen molar-refractivity contribution in [1.82, 2.24) is 4.98 Å². The largest absolute Gasteiger partial charge is 0.326 e. The number of fused-ring (bicyclic) bond motifs is 1. The van der Waals surface area contributed by atoms with Gasteiger partial charge in [0.1, 0.15) is 5.15 Å². The van der Waals surface area contributed by atoms with Gasteiger partial charge in [0.15, 0.2) is 0 Å². The van der Waals surface area contributed by atoms with E-state index in [9.17, 15) is 4.79 Å². The Kier molecular flexibility index (Phi) is 3.70. The molecule has 3 nitrogen and oxygen atoms in total. The van der Waals surface area contributed by atoms with Crippen LogP contribution in [-0.2, 0) is 17.6 Å². The molecule has 102 valence electrons. The van der Waals surface area contributed by atoms with Gasteiger partial charge in [0.05, 0.1) is 0 Å². The third-order valence-electron chi connectivity index (χ3n) is 3.71. The monoisotopic (exact) mass is 286 g/mol. The van der Waals surface area contributed by atoms with E-state index in [1.165, 1.54) is 11.1 Å². The van der Waals surface area contributed by atoms with Crippen LogP contribution in [0.25, 0.3) is 0 Å². The second-order valence-corrected chi connectivity index (χ2v) is 5.45. The van der Waals surface area contributed by atoms with Crippen LogP contribution in [0, 0.1) is 5.92 Å². The SMILES string of the molecule is O=C(Nc1ccnc(Cl)c1)C1CCc2ccccc2C1. The van der Waals surface area contributed by atoms with Gasteiger partial charge in [-0.05, 0) is 42.5 Å². The summed E-state index contributed by atoms with van der Waals surface area (Å²) in [5.41, 5.74) is 3.35. The van der Waals surface area contributed by atoms with Gasteiger partial charge in [-0.3, -0.25) is 4.79 Å². The number of halogens is 1. The maximum absolute atomic E-state index is 12.3. The van der Waals surface area contributed by atoms with Crippen LogP contribution in [-0.4, -0.2) is 10.9 Å². The Morgan fingerprint density at radius 1 is 1.25 bits per heavy atom. The van der Waals surface area contributed by atoms with Crippen molar-refractivity contribution >= 4 is 23.2 Å². The fourth-order valence-corrected chi connectivity index (χ4v) is 2.82. The van der Waals surface area contributed by atoms with Crippen LogP contribution in [0.4, 0.5) is 5.69 Å². The summed E-state index contributed by atoms with van der Waals surface area (Å²) in [7, 11) is 0. The summed E-state index contributed by atoms with van der Waals surface area (Å²) in [6.45, 7) is 0. The van der Waals surface area contributed by atoms with Gasteiger partial charge >= 0.3 is 0 Å². The van der Waals surface area contributed by atoms with Gasteiger partial charge in [0, 0.05) is 17.8 Å². The minimum Gasteiger partial charge on any atom is -0.326 e. The van der Waals surface area contributed by atoms with Gasteiger partial charge in [-0.15, -0.1) is 0 Å². The first-order chi connectivity index (χ1) is 9.72. The van der Waals surface area contributed by atoms with E-state index in [0.717, 1.165) is 19.3 Å². The van der Waals surface area contributed by atoms with Crippen molar-refractivity contribution in [3.8, 4) is 0 Å². The van der Waals surface area contributed by atoms with E-state index in [1.807, 2.05) is 6.07 Å². The molecule has 0 spiro atoms. The van der Waals surface area contributed by atoms with Crippen LogP contribution < -0.4 is 5.32 Å². The normalized spacial score (nSPS) is 17.4. The van der Waals surface area contributed by atoms with Crippen LogP contribution in [0.5, 0.6) is 0 Å². The molecule has 1 aromatic heterocycles. The third kappa shape index (κ3) is 2.83. The van der Waals surface area contributed by atoms with Crippen molar-refractivity contribution < 1.29 is 4.79 Å². The van der Waals surface area contributed by atoms with Crippen LogP contribution in [0.2, 0.25) is 5.15 Å². The molecular weight excluding hydrogens is 272 g/mol. The second kappa shape index (κ2) is 5.63. The van der Waals surface area contributed by atoms with Crippen molar-refractivity contribution in [3.63, 3.8) is 0 Å². The molecule has 20 heavy (non-hydrogen) atoms. The molecule has 1 aliphatic rings. The zero-order valence-electron chi connectivity index (χ0n) is 11.0. The molecule has 1 atom stereocenters. The highest BCUT2D eigenvalue weighted by atomic mass is 35.5. The van der Waals surface area contributed by atoms with Crippen molar-refractivity contribution in [2.45, 2.75) is 19.3 Å². The molecule has 1 unspecified atom stereocenters. The van der Waals surface area contributed by atoms with Crippen molar-refractivity contribution in [2.75, 3.05) is 5.32 Å². The average molecular weight is 287 g/mol. The van der Waals surface area contributed by atoms with Gasteiger partial charge < -0.3 is 5.32 Å². The third-order valence-corrected chi connectivity index (χ3v) is 3.92. The van der Waals surface area contributed by atoms with Gasteiger partial charge in [0.25, 0.3) is 0 Å². The first-order valence-electron chi connectivity index (χ1n) is 6.71. The molecule has 0 saturated heterocycles. The molecule has 1 N–H and O–H groups in total. The Morgan fingerprint density at radius 3 is 2.85 bits per heavy atom. The number of anilines is 1. The number of benzene rings is 1. The van der Waals surface area contributed by atoms with Crippen LogP contribution in [0.3, 0.4) is 0 Å². The van der Waals surface area contributed by atoms with Crippen LogP contribution in [0.15, 0.2) is 42.6 Å². The Morgan fingerprint density at radius 2 is 2.05 bits per heavy atom. The first-order valence-corrected chi connectivity index (χ1v) is 7.09. The van der Waals surface area contributed by atoms with E-state index in [2.05, 4.69) is 28.5 Å². The summed E-state index contributed by atoms with van der Waals surface area (Å²) in [6.07, 6.45) is 4.25. The lowest BCUT2D eigenvalue weighted by molar-refractivity contribution is -0.120. The number of hydrogen-bond acceptors (Lipinski definition) is 2. The van der Waals surface area contributed by atoms with Crippen LogP contribution in [0.1, 0.15) is 17.5 Å². The number of rotatable bonds is 2. The molecule has 4 heteroatoms. The van der Waals surface area contributed by atoms with Gasteiger partial charge in [-0.25, -0.2) is 4.98 Å². The summed E-state index contributed by atoms with van der Waals surface area (Å²) in [5, 5.41) is 3.31. The number of carbonyl (C=O) groups is 1. The molecule has 0 aliphatic heterocycles. The van der Waals surface area contributed by atoms with E-state index in [-0.39, 0.29) is 11.8 Å². The number of pyridine rings is 1. The molecule has 1 aliphatic carbocycles. The molecule has 2 aromatic rings. The average Bonchev–Trinajstić information content (AvgIpc) is 2.47. The molecule has 0 saturated carbocycles. The van der Waals surface area contributed by atoms with Crippen molar-refractivity contribution in [2.24, 2.45) is 5.92 Å². The lowest BCUT2D eigenvalue weighted by atomic mass is 9.83. The predicted octanol–water partition coefficient (Wildman–Crippen LogP) is 3.48. The van der Waals surface area contributed by atoms with Crippen LogP contribution >= 0.6 is 11.6 Å². The zero-order chi connectivity index (χ0) is 13.9. The summed E-state index contributed by atoms with van der Waals surface area (Å²) in [4.78, 5) is 16.2. The Balaban J connectivity index is 1.70. The number of aromatic nitrogens is 1. The smallest absolute Gasteiger partial charge is 0.227 e. The minimum atomic E-state index is 0.0249. The number of nitrogens with one attached hydrogen (secondary N) is 1. The molecule has 1 heterocycles. The van der Waals surface area contributed by atoms with E-state index in [0.29, 0.717) is 10.8 Å². The number of aryl methyl sites for hydroxylation is 1. The molecule has 0 fully saturated rings. The van der Waals surface area contributed by atoms with E-state index in [1.54, 1.807) is 18.3 Å². The lowest BCUT2D eigenvalue weighted by Crippen LogP contribution is -2.28. The van der Waals surface area contributed by atoms with Gasteiger partial charge in [-0.2, -0.15) is 0 Å². The maximum atomic E-state index is 12.3. The first kappa shape index (κ1) is 13.1. The van der Waals surface area contributed by atoms with E-state index >= 15 is 0 Å². The van der Waals surface area contributed by atoms with Gasteiger partial charge in [0.2, 0.25) is 5.91 Å². The predicted molar refractivity (Wildman–Crippen MR) is 79.8 cm³/mol. The Bertz CT molecular complexity index is 642. The minimum absolute atomic E-state index is 0.0249. The second-order valence-electron chi connectivity index (χ2n) is 5.06. The highest BCUT2D eigenvalue weighted by Gasteiger charge is 2.24. The maximum Gasteiger partial charge on any atom is 0.227 e. The summed E-state index contributed by atoms with van der Waals surface area (Å²) >= 11 is 5.82. The lowest BCUT2D eigenvalue weighted by Gasteiger charge is -2.23. The fraction of sp³-hybridized carbons (Fsp3) is 0.250. The van der Waals surface area contributed by atoms with E-state index < -0.39 is 0 Å². The summed E-state index contributed by atoms with van der Waals surface area (Å²) in [5.74, 6) is 0.0820. The molecular formula is C16H15ClN2O. The summed E-state index contributed by atoms with van der Waals surface area (Å²) in [6, 6.07) is 11.8. The number of amides is 1. The molecule has 0 bridgehead atoms. The topological polar surface area (TPSA) is 42.0 Å². The highest BCUT2D eigenvalue weighted by molar-refractivity contribution is 6.29. The molecule has 3 rings (SSSR count).